The fraction of sp³-hybridized carbons (Fsp3) is 0.250. The van der Waals surface area contributed by atoms with Crippen molar-refractivity contribution in [1.82, 2.24) is 20.1 Å². The van der Waals surface area contributed by atoms with Gasteiger partial charge in [0, 0.05) is 18.2 Å². The quantitative estimate of drug-likeness (QED) is 0.661. The van der Waals surface area contributed by atoms with Gasteiger partial charge >= 0.3 is 0 Å². The average Bonchev–Trinajstić information content (AvgIpc) is 3.21. The first-order valence-corrected chi connectivity index (χ1v) is 8.56. The molecule has 140 valence electrons. The maximum absolute atomic E-state index is 12.3. The van der Waals surface area contributed by atoms with Crippen LogP contribution in [0.15, 0.2) is 55.1 Å². The molecular formula is C20H22N4O3. The van der Waals surface area contributed by atoms with E-state index in [1.165, 1.54) is 6.33 Å². The van der Waals surface area contributed by atoms with Gasteiger partial charge in [0.25, 0.3) is 0 Å². The van der Waals surface area contributed by atoms with Gasteiger partial charge in [-0.3, -0.25) is 4.79 Å². The van der Waals surface area contributed by atoms with E-state index < -0.39 is 0 Å². The summed E-state index contributed by atoms with van der Waals surface area (Å²) in [5.41, 5.74) is 2.98. The zero-order chi connectivity index (χ0) is 19.1. The fourth-order valence-electron chi connectivity index (χ4n) is 2.70. The van der Waals surface area contributed by atoms with Gasteiger partial charge in [-0.05, 0) is 17.2 Å². The number of carbonyl (C=O) groups excluding carboxylic acids is 1. The van der Waals surface area contributed by atoms with E-state index in [4.69, 9.17) is 9.47 Å². The van der Waals surface area contributed by atoms with Crippen molar-refractivity contribution in [1.29, 1.82) is 0 Å². The van der Waals surface area contributed by atoms with Crippen LogP contribution >= 0.6 is 0 Å². The molecule has 2 aromatic carbocycles. The van der Waals surface area contributed by atoms with Crippen molar-refractivity contribution in [2.24, 2.45) is 0 Å². The number of ether oxygens (including phenoxy) is 2. The molecule has 0 spiro atoms. The van der Waals surface area contributed by atoms with Crippen LogP contribution in [-0.4, -0.2) is 34.9 Å². The van der Waals surface area contributed by atoms with E-state index >= 15 is 0 Å². The molecule has 0 bridgehead atoms. The van der Waals surface area contributed by atoms with Gasteiger partial charge in [0.05, 0.1) is 27.2 Å². The molecule has 3 aromatic rings. The van der Waals surface area contributed by atoms with E-state index in [1.54, 1.807) is 31.3 Å². The number of carbonyl (C=O) groups is 1. The Hall–Kier alpha value is -3.35. The summed E-state index contributed by atoms with van der Waals surface area (Å²) in [6.07, 6.45) is 3.45. The van der Waals surface area contributed by atoms with E-state index in [1.807, 2.05) is 36.4 Å². The Morgan fingerprint density at radius 2 is 1.85 bits per heavy atom. The molecule has 0 fully saturated rings. The van der Waals surface area contributed by atoms with Crippen molar-refractivity contribution in [3.05, 3.63) is 71.8 Å². The normalized spacial score (nSPS) is 10.4. The summed E-state index contributed by atoms with van der Waals surface area (Å²) in [5.74, 6) is 1.27. The standard InChI is InChI=1S/C20H22N4O3/c1-26-18-8-7-17(19(10-18)27-2)9-20(25)22-11-15-3-5-16(6-4-15)12-24-14-21-13-23-24/h3-8,10,13-14H,9,11-12H2,1-2H3,(H,22,25). The van der Waals surface area contributed by atoms with Crippen molar-refractivity contribution in [3.63, 3.8) is 0 Å². The van der Waals surface area contributed by atoms with Crippen molar-refractivity contribution < 1.29 is 14.3 Å². The Labute approximate surface area is 158 Å². The van der Waals surface area contributed by atoms with Crippen molar-refractivity contribution in [2.45, 2.75) is 19.5 Å². The predicted octanol–water partition coefficient (Wildman–Crippen LogP) is 2.20. The molecule has 0 radical (unpaired) electrons. The number of rotatable bonds is 8. The number of benzene rings is 2. The van der Waals surface area contributed by atoms with Crippen molar-refractivity contribution >= 4 is 5.91 Å². The van der Waals surface area contributed by atoms with Crippen LogP contribution < -0.4 is 14.8 Å². The van der Waals surface area contributed by atoms with Crippen molar-refractivity contribution in [2.75, 3.05) is 14.2 Å². The molecule has 0 atom stereocenters. The van der Waals surface area contributed by atoms with Gasteiger partial charge in [0.1, 0.15) is 24.2 Å². The topological polar surface area (TPSA) is 78.3 Å². The number of aromatic nitrogens is 3. The van der Waals surface area contributed by atoms with Gasteiger partial charge in [0.2, 0.25) is 5.91 Å². The number of nitrogens with one attached hydrogen (secondary N) is 1. The molecule has 1 amide bonds. The van der Waals surface area contributed by atoms with Crippen LogP contribution in [0.3, 0.4) is 0 Å². The van der Waals surface area contributed by atoms with Gasteiger partial charge in [0.15, 0.2) is 0 Å². The van der Waals surface area contributed by atoms with E-state index in [0.717, 1.165) is 16.7 Å². The van der Waals surface area contributed by atoms with Crippen LogP contribution in [0.5, 0.6) is 11.5 Å². The van der Waals surface area contributed by atoms with E-state index in [9.17, 15) is 4.79 Å². The third-order valence-corrected chi connectivity index (χ3v) is 4.17. The highest BCUT2D eigenvalue weighted by molar-refractivity contribution is 5.79. The van der Waals surface area contributed by atoms with Crippen LogP contribution in [0.1, 0.15) is 16.7 Å². The minimum atomic E-state index is -0.0647. The zero-order valence-electron chi connectivity index (χ0n) is 15.4. The first-order valence-electron chi connectivity index (χ1n) is 8.56. The minimum absolute atomic E-state index is 0.0647. The predicted molar refractivity (Wildman–Crippen MR) is 101 cm³/mol. The molecule has 0 unspecified atom stereocenters. The average molecular weight is 366 g/mol. The van der Waals surface area contributed by atoms with Crippen LogP contribution in [0, 0.1) is 0 Å². The first kappa shape index (κ1) is 18.4. The number of amides is 1. The fourth-order valence-corrected chi connectivity index (χ4v) is 2.70. The lowest BCUT2D eigenvalue weighted by atomic mass is 10.1. The van der Waals surface area contributed by atoms with Gasteiger partial charge < -0.3 is 14.8 Å². The van der Waals surface area contributed by atoms with E-state index in [2.05, 4.69) is 15.4 Å². The van der Waals surface area contributed by atoms with Gasteiger partial charge in [-0.15, -0.1) is 0 Å². The lowest BCUT2D eigenvalue weighted by Crippen LogP contribution is -2.24. The molecule has 0 aliphatic heterocycles. The Bertz CT molecular complexity index is 877. The highest BCUT2D eigenvalue weighted by Crippen LogP contribution is 2.24. The second-order valence-corrected chi connectivity index (χ2v) is 6.04. The van der Waals surface area contributed by atoms with Gasteiger partial charge in [-0.1, -0.05) is 30.3 Å². The molecule has 1 heterocycles. The molecule has 0 aliphatic rings. The molecular weight excluding hydrogens is 344 g/mol. The number of hydrogen-bond acceptors (Lipinski definition) is 5. The largest absolute Gasteiger partial charge is 0.497 e. The highest BCUT2D eigenvalue weighted by atomic mass is 16.5. The lowest BCUT2D eigenvalue weighted by molar-refractivity contribution is -0.120. The van der Waals surface area contributed by atoms with Crippen LogP contribution in [0.25, 0.3) is 0 Å². The molecule has 7 heteroatoms. The first-order chi connectivity index (χ1) is 13.2. The minimum Gasteiger partial charge on any atom is -0.497 e. The highest BCUT2D eigenvalue weighted by Gasteiger charge is 2.10. The summed E-state index contributed by atoms with van der Waals surface area (Å²) >= 11 is 0. The molecule has 1 aromatic heterocycles. The summed E-state index contributed by atoms with van der Waals surface area (Å²) in [7, 11) is 3.18. The third-order valence-electron chi connectivity index (χ3n) is 4.17. The maximum Gasteiger partial charge on any atom is 0.224 e. The Kier molecular flexibility index (Phi) is 6.04. The molecule has 27 heavy (non-hydrogen) atoms. The van der Waals surface area contributed by atoms with Crippen LogP contribution in [0.4, 0.5) is 0 Å². The van der Waals surface area contributed by atoms with E-state index in [-0.39, 0.29) is 12.3 Å². The lowest BCUT2D eigenvalue weighted by Gasteiger charge is -2.11. The summed E-state index contributed by atoms with van der Waals surface area (Å²) in [4.78, 5) is 16.2. The SMILES string of the molecule is COc1ccc(CC(=O)NCc2ccc(Cn3cncn3)cc2)c(OC)c1. The Balaban J connectivity index is 1.53. The second-order valence-electron chi connectivity index (χ2n) is 6.04. The van der Waals surface area contributed by atoms with Gasteiger partial charge in [-0.25, -0.2) is 9.67 Å². The Morgan fingerprint density at radius 3 is 2.52 bits per heavy atom. The zero-order valence-corrected chi connectivity index (χ0v) is 15.4. The number of methoxy groups -OCH3 is 2. The summed E-state index contributed by atoms with van der Waals surface area (Å²) in [6, 6.07) is 13.5. The number of nitrogens with zero attached hydrogens (tertiary/aromatic N) is 3. The van der Waals surface area contributed by atoms with E-state index in [0.29, 0.717) is 24.6 Å². The second kappa shape index (κ2) is 8.84. The molecule has 3 rings (SSSR count). The molecule has 0 saturated carbocycles. The third kappa shape index (κ3) is 5.07. The van der Waals surface area contributed by atoms with Crippen LogP contribution in [0.2, 0.25) is 0 Å². The molecule has 7 nitrogen and oxygen atoms in total. The van der Waals surface area contributed by atoms with Crippen LogP contribution in [-0.2, 0) is 24.3 Å². The maximum atomic E-state index is 12.3. The smallest absolute Gasteiger partial charge is 0.224 e. The van der Waals surface area contributed by atoms with Crippen molar-refractivity contribution in [3.8, 4) is 11.5 Å². The molecule has 0 saturated heterocycles. The summed E-state index contributed by atoms with van der Waals surface area (Å²) < 4.78 is 12.3. The summed E-state index contributed by atoms with van der Waals surface area (Å²) in [5, 5.41) is 7.03. The summed E-state index contributed by atoms with van der Waals surface area (Å²) in [6.45, 7) is 1.14. The molecule has 0 aliphatic carbocycles. The monoisotopic (exact) mass is 366 g/mol. The molecule has 1 N–H and O–H groups in total. The van der Waals surface area contributed by atoms with Gasteiger partial charge in [-0.2, -0.15) is 5.10 Å². The Morgan fingerprint density at radius 1 is 1.07 bits per heavy atom. The number of hydrogen-bond donors (Lipinski definition) is 1.